The molecule has 1 heterocycles. The summed E-state index contributed by atoms with van der Waals surface area (Å²) in [6.07, 6.45) is 3.64. The second-order valence-electron chi connectivity index (χ2n) is 5.19. The summed E-state index contributed by atoms with van der Waals surface area (Å²) in [5, 5.41) is 8.72. The molecule has 1 fully saturated rings. The van der Waals surface area contributed by atoms with Crippen molar-refractivity contribution in [3.05, 3.63) is 29.8 Å². The lowest BCUT2D eigenvalue weighted by Gasteiger charge is -2.17. The number of ether oxygens (including phenoxy) is 1. The van der Waals surface area contributed by atoms with Crippen LogP contribution in [0.15, 0.2) is 24.3 Å². The summed E-state index contributed by atoms with van der Waals surface area (Å²) >= 11 is 0. The molecule has 1 unspecified atom stereocenters. The van der Waals surface area contributed by atoms with Crippen LogP contribution in [-0.4, -0.2) is 42.2 Å². The molecule has 104 valence electrons. The van der Waals surface area contributed by atoms with Gasteiger partial charge in [-0.25, -0.2) is 0 Å². The standard InChI is InChI=1S/C15H21NO3/c1-16-9-2-3-13(8-10-16)19-14-6-4-12(5-7-14)11-15(17)18/h4-7,13H,2-3,8-11H2,1H3,(H,17,18). The van der Waals surface area contributed by atoms with E-state index in [0.29, 0.717) is 0 Å². The Morgan fingerprint density at radius 2 is 2.05 bits per heavy atom. The number of nitrogens with zero attached hydrogens (tertiary/aromatic N) is 1. The van der Waals surface area contributed by atoms with Crippen molar-refractivity contribution in [1.29, 1.82) is 0 Å². The summed E-state index contributed by atoms with van der Waals surface area (Å²) in [5.41, 5.74) is 0.806. The van der Waals surface area contributed by atoms with Crippen molar-refractivity contribution in [2.24, 2.45) is 0 Å². The molecule has 0 aliphatic carbocycles. The monoisotopic (exact) mass is 263 g/mol. The third-order valence-corrected chi connectivity index (χ3v) is 3.48. The highest BCUT2D eigenvalue weighted by molar-refractivity contribution is 5.70. The first kappa shape index (κ1) is 13.9. The molecular formula is C15H21NO3. The van der Waals surface area contributed by atoms with Gasteiger partial charge in [-0.2, -0.15) is 0 Å². The SMILES string of the molecule is CN1CCCC(Oc2ccc(CC(=O)O)cc2)CC1. The highest BCUT2D eigenvalue weighted by Crippen LogP contribution is 2.19. The van der Waals surface area contributed by atoms with Crippen LogP contribution in [0.5, 0.6) is 5.75 Å². The number of carboxylic acids is 1. The van der Waals surface area contributed by atoms with Crippen LogP contribution in [0, 0.1) is 0 Å². The molecule has 1 aliphatic rings. The maximum Gasteiger partial charge on any atom is 0.307 e. The minimum absolute atomic E-state index is 0.0640. The molecule has 2 rings (SSSR count). The maximum atomic E-state index is 10.6. The van der Waals surface area contributed by atoms with Gasteiger partial charge >= 0.3 is 5.97 Å². The van der Waals surface area contributed by atoms with Gasteiger partial charge in [-0.15, -0.1) is 0 Å². The predicted octanol–water partition coefficient (Wildman–Crippen LogP) is 2.18. The van der Waals surface area contributed by atoms with Gasteiger partial charge in [0.15, 0.2) is 0 Å². The van der Waals surface area contributed by atoms with Crippen LogP contribution in [0.2, 0.25) is 0 Å². The van der Waals surface area contributed by atoms with Gasteiger partial charge in [0.05, 0.1) is 12.5 Å². The Morgan fingerprint density at radius 3 is 2.74 bits per heavy atom. The second kappa shape index (κ2) is 6.57. The minimum Gasteiger partial charge on any atom is -0.490 e. The van der Waals surface area contributed by atoms with Gasteiger partial charge in [-0.05, 0) is 50.6 Å². The summed E-state index contributed by atoms with van der Waals surface area (Å²) in [4.78, 5) is 12.9. The average Bonchev–Trinajstić information content (AvgIpc) is 2.56. The number of aliphatic carboxylic acids is 1. The molecule has 4 heteroatoms. The van der Waals surface area contributed by atoms with Gasteiger partial charge in [0.2, 0.25) is 0 Å². The summed E-state index contributed by atoms with van der Waals surface area (Å²) in [7, 11) is 2.14. The van der Waals surface area contributed by atoms with Gasteiger partial charge in [0.25, 0.3) is 0 Å². The number of benzene rings is 1. The second-order valence-corrected chi connectivity index (χ2v) is 5.19. The van der Waals surface area contributed by atoms with E-state index in [1.807, 2.05) is 24.3 Å². The summed E-state index contributed by atoms with van der Waals surface area (Å²) in [5.74, 6) is 0.0316. The lowest BCUT2D eigenvalue weighted by molar-refractivity contribution is -0.136. The zero-order valence-electron chi connectivity index (χ0n) is 11.3. The molecule has 1 N–H and O–H groups in total. The maximum absolute atomic E-state index is 10.6. The van der Waals surface area contributed by atoms with Crippen molar-refractivity contribution in [3.63, 3.8) is 0 Å². The number of carboxylic acid groups (broad SMARTS) is 1. The fourth-order valence-electron chi connectivity index (χ4n) is 2.38. The van der Waals surface area contributed by atoms with Crippen molar-refractivity contribution in [2.45, 2.75) is 31.8 Å². The van der Waals surface area contributed by atoms with Crippen LogP contribution in [-0.2, 0) is 11.2 Å². The third-order valence-electron chi connectivity index (χ3n) is 3.48. The third kappa shape index (κ3) is 4.56. The Hall–Kier alpha value is -1.55. The molecule has 1 atom stereocenters. The zero-order chi connectivity index (χ0) is 13.7. The molecule has 0 spiro atoms. The highest BCUT2D eigenvalue weighted by Gasteiger charge is 2.16. The largest absolute Gasteiger partial charge is 0.490 e. The Balaban J connectivity index is 1.90. The molecule has 19 heavy (non-hydrogen) atoms. The van der Waals surface area contributed by atoms with E-state index in [1.165, 1.54) is 0 Å². The van der Waals surface area contributed by atoms with E-state index in [-0.39, 0.29) is 12.5 Å². The highest BCUT2D eigenvalue weighted by atomic mass is 16.5. The van der Waals surface area contributed by atoms with Crippen molar-refractivity contribution in [2.75, 3.05) is 20.1 Å². The van der Waals surface area contributed by atoms with Crippen LogP contribution < -0.4 is 4.74 Å². The summed E-state index contributed by atoms with van der Waals surface area (Å²) < 4.78 is 5.97. The lowest BCUT2D eigenvalue weighted by atomic mass is 10.1. The van der Waals surface area contributed by atoms with Crippen LogP contribution in [0.3, 0.4) is 0 Å². The Bertz CT molecular complexity index is 416. The van der Waals surface area contributed by atoms with E-state index in [0.717, 1.165) is 43.7 Å². The fraction of sp³-hybridized carbons (Fsp3) is 0.533. The molecule has 0 amide bonds. The zero-order valence-corrected chi connectivity index (χ0v) is 11.3. The van der Waals surface area contributed by atoms with Crippen molar-refractivity contribution < 1.29 is 14.6 Å². The van der Waals surface area contributed by atoms with Crippen LogP contribution in [0.4, 0.5) is 0 Å². The molecule has 0 radical (unpaired) electrons. The predicted molar refractivity (Wildman–Crippen MR) is 73.5 cm³/mol. The number of hydrogen-bond acceptors (Lipinski definition) is 3. The quantitative estimate of drug-likeness (QED) is 0.904. The van der Waals surface area contributed by atoms with Crippen molar-refractivity contribution >= 4 is 5.97 Å². The number of rotatable bonds is 4. The molecule has 1 aromatic rings. The summed E-state index contributed by atoms with van der Waals surface area (Å²) in [6.45, 7) is 2.21. The smallest absolute Gasteiger partial charge is 0.307 e. The number of carbonyl (C=O) groups is 1. The van der Waals surface area contributed by atoms with Gasteiger partial charge in [0.1, 0.15) is 5.75 Å². The molecular weight excluding hydrogens is 242 g/mol. The molecule has 0 aromatic heterocycles. The van der Waals surface area contributed by atoms with Crippen LogP contribution in [0.1, 0.15) is 24.8 Å². The Labute approximate surface area is 114 Å². The van der Waals surface area contributed by atoms with E-state index >= 15 is 0 Å². The van der Waals surface area contributed by atoms with E-state index in [1.54, 1.807) is 0 Å². The first-order valence-corrected chi connectivity index (χ1v) is 6.79. The molecule has 4 nitrogen and oxygen atoms in total. The van der Waals surface area contributed by atoms with Crippen molar-refractivity contribution in [1.82, 2.24) is 4.90 Å². The Kier molecular flexibility index (Phi) is 4.80. The van der Waals surface area contributed by atoms with Gasteiger partial charge in [0, 0.05) is 6.54 Å². The molecule has 0 saturated carbocycles. The normalized spacial score (nSPS) is 20.8. The topological polar surface area (TPSA) is 49.8 Å². The van der Waals surface area contributed by atoms with Crippen molar-refractivity contribution in [3.8, 4) is 5.75 Å². The van der Waals surface area contributed by atoms with Gasteiger partial charge < -0.3 is 14.7 Å². The lowest BCUT2D eigenvalue weighted by Crippen LogP contribution is -2.21. The fourth-order valence-corrected chi connectivity index (χ4v) is 2.38. The van der Waals surface area contributed by atoms with Gasteiger partial charge in [-0.1, -0.05) is 12.1 Å². The average molecular weight is 263 g/mol. The molecule has 1 aliphatic heterocycles. The van der Waals surface area contributed by atoms with E-state index in [4.69, 9.17) is 9.84 Å². The van der Waals surface area contributed by atoms with E-state index in [9.17, 15) is 4.79 Å². The summed E-state index contributed by atoms with van der Waals surface area (Å²) in [6, 6.07) is 7.39. The molecule has 1 saturated heterocycles. The van der Waals surface area contributed by atoms with E-state index < -0.39 is 5.97 Å². The first-order valence-electron chi connectivity index (χ1n) is 6.79. The van der Waals surface area contributed by atoms with Crippen LogP contribution in [0.25, 0.3) is 0 Å². The first-order chi connectivity index (χ1) is 9.13. The van der Waals surface area contributed by atoms with Crippen LogP contribution >= 0.6 is 0 Å². The van der Waals surface area contributed by atoms with Gasteiger partial charge in [-0.3, -0.25) is 4.79 Å². The number of likely N-dealkylation sites (tertiary alicyclic amines) is 1. The number of hydrogen-bond donors (Lipinski definition) is 1. The molecule has 1 aromatic carbocycles. The Morgan fingerprint density at radius 1 is 1.32 bits per heavy atom. The molecule has 0 bridgehead atoms. The van der Waals surface area contributed by atoms with E-state index in [2.05, 4.69) is 11.9 Å². The minimum atomic E-state index is -0.805.